The lowest BCUT2D eigenvalue weighted by atomic mass is 9.92. The van der Waals surface area contributed by atoms with Crippen molar-refractivity contribution in [3.63, 3.8) is 0 Å². The van der Waals surface area contributed by atoms with E-state index in [1.165, 1.54) is 11.1 Å². The van der Waals surface area contributed by atoms with E-state index in [0.717, 1.165) is 25.9 Å². The summed E-state index contributed by atoms with van der Waals surface area (Å²) in [5.41, 5.74) is 2.37. The van der Waals surface area contributed by atoms with Crippen LogP contribution in [0.3, 0.4) is 0 Å². The number of likely N-dealkylation sites (N-methyl/N-ethyl adjacent to an activating group) is 1. The summed E-state index contributed by atoms with van der Waals surface area (Å²) in [5, 5.41) is 8.87. The maximum atomic E-state index is 12.8. The van der Waals surface area contributed by atoms with Crippen LogP contribution in [0.1, 0.15) is 43.7 Å². The molecule has 0 spiro atoms. The molecule has 1 saturated heterocycles. The molecule has 0 bridgehead atoms. The summed E-state index contributed by atoms with van der Waals surface area (Å²) in [6, 6.07) is 7.97. The summed E-state index contributed by atoms with van der Waals surface area (Å²) in [6.45, 7) is 6.38. The van der Waals surface area contributed by atoms with Crippen molar-refractivity contribution in [2.75, 3.05) is 20.1 Å². The Labute approximate surface area is 150 Å². The lowest BCUT2D eigenvalue weighted by molar-refractivity contribution is -0.138. The number of carboxylic acid groups (broad SMARTS) is 1. The smallest absolute Gasteiger partial charge is 0.303 e. The first-order chi connectivity index (χ1) is 11.9. The number of piperidine rings is 1. The Morgan fingerprint density at radius 1 is 1.36 bits per heavy atom. The molecule has 0 aliphatic carbocycles. The highest BCUT2D eigenvalue weighted by Crippen LogP contribution is 2.23. The van der Waals surface area contributed by atoms with Gasteiger partial charge in [-0.2, -0.15) is 0 Å². The van der Waals surface area contributed by atoms with E-state index in [-0.39, 0.29) is 18.4 Å². The van der Waals surface area contributed by atoms with Gasteiger partial charge in [0.15, 0.2) is 0 Å². The lowest BCUT2D eigenvalue weighted by Crippen LogP contribution is -2.49. The highest BCUT2D eigenvalue weighted by molar-refractivity contribution is 5.81. The quantitative estimate of drug-likeness (QED) is 0.825. The third-order valence-electron chi connectivity index (χ3n) is 5.27. The average Bonchev–Trinajstić information content (AvgIpc) is 2.60. The van der Waals surface area contributed by atoms with Crippen molar-refractivity contribution in [2.24, 2.45) is 5.92 Å². The van der Waals surface area contributed by atoms with E-state index >= 15 is 0 Å². The van der Waals surface area contributed by atoms with Gasteiger partial charge in [0.2, 0.25) is 5.91 Å². The monoisotopic (exact) mass is 346 g/mol. The van der Waals surface area contributed by atoms with E-state index in [2.05, 4.69) is 24.0 Å². The SMILES string of the molecule is Cc1ccccc1CN(C)C(=O)C(C)N1CCCC(CCC(=O)O)C1. The highest BCUT2D eigenvalue weighted by atomic mass is 16.4. The minimum Gasteiger partial charge on any atom is -0.481 e. The maximum absolute atomic E-state index is 12.8. The number of nitrogens with zero attached hydrogens (tertiary/aromatic N) is 2. The van der Waals surface area contributed by atoms with Crippen LogP contribution in [-0.4, -0.2) is 53.0 Å². The average molecular weight is 346 g/mol. The second-order valence-electron chi connectivity index (χ2n) is 7.23. The Morgan fingerprint density at radius 3 is 2.76 bits per heavy atom. The van der Waals surface area contributed by atoms with Gasteiger partial charge >= 0.3 is 5.97 Å². The van der Waals surface area contributed by atoms with E-state index < -0.39 is 5.97 Å². The fourth-order valence-electron chi connectivity index (χ4n) is 3.61. The number of benzene rings is 1. The standard InChI is InChI=1S/C20H30N2O3/c1-15-7-4-5-9-18(15)14-21(3)20(25)16(2)22-12-6-8-17(13-22)10-11-19(23)24/h4-5,7,9,16-17H,6,8,10-14H2,1-3H3,(H,23,24). The molecule has 2 unspecified atom stereocenters. The summed E-state index contributed by atoms with van der Waals surface area (Å²) in [6.07, 6.45) is 3.01. The number of aryl methyl sites for hydroxylation is 1. The Morgan fingerprint density at radius 2 is 2.08 bits per heavy atom. The zero-order valence-electron chi connectivity index (χ0n) is 15.6. The maximum Gasteiger partial charge on any atom is 0.303 e. The van der Waals surface area contributed by atoms with Crippen LogP contribution in [0.4, 0.5) is 0 Å². The summed E-state index contributed by atoms with van der Waals surface area (Å²) in [4.78, 5) is 27.6. The normalized spacial score (nSPS) is 19.4. The first kappa shape index (κ1) is 19.4. The van der Waals surface area contributed by atoms with E-state index in [1.807, 2.05) is 26.1 Å². The van der Waals surface area contributed by atoms with Crippen LogP contribution in [0.2, 0.25) is 0 Å². The molecule has 2 rings (SSSR count). The predicted molar refractivity (Wildman–Crippen MR) is 98.3 cm³/mol. The topological polar surface area (TPSA) is 60.9 Å². The molecule has 5 heteroatoms. The van der Waals surface area contributed by atoms with Crippen molar-refractivity contribution in [1.82, 2.24) is 9.80 Å². The molecule has 0 saturated carbocycles. The summed E-state index contributed by atoms with van der Waals surface area (Å²) in [5.74, 6) is -0.233. The number of carbonyl (C=O) groups excluding carboxylic acids is 1. The number of amides is 1. The zero-order valence-corrected chi connectivity index (χ0v) is 15.6. The van der Waals surface area contributed by atoms with Gasteiger partial charge in [0.1, 0.15) is 0 Å². The summed E-state index contributed by atoms with van der Waals surface area (Å²) >= 11 is 0. The molecule has 1 heterocycles. The lowest BCUT2D eigenvalue weighted by Gasteiger charge is -2.37. The molecule has 1 aliphatic heterocycles. The van der Waals surface area contributed by atoms with Crippen molar-refractivity contribution < 1.29 is 14.7 Å². The second-order valence-corrected chi connectivity index (χ2v) is 7.23. The first-order valence-corrected chi connectivity index (χ1v) is 9.13. The Balaban J connectivity index is 1.91. The van der Waals surface area contributed by atoms with Crippen LogP contribution in [-0.2, 0) is 16.1 Å². The number of aliphatic carboxylic acids is 1. The number of likely N-dealkylation sites (tertiary alicyclic amines) is 1. The number of rotatable bonds is 7. The van der Waals surface area contributed by atoms with Gasteiger partial charge in [-0.1, -0.05) is 24.3 Å². The van der Waals surface area contributed by atoms with Crippen LogP contribution in [0.25, 0.3) is 0 Å². The molecule has 138 valence electrons. The number of carboxylic acids is 1. The molecule has 1 aromatic rings. The van der Waals surface area contributed by atoms with Gasteiger partial charge in [-0.05, 0) is 56.7 Å². The predicted octanol–water partition coefficient (Wildman–Crippen LogP) is 2.92. The van der Waals surface area contributed by atoms with Gasteiger partial charge in [-0.15, -0.1) is 0 Å². The van der Waals surface area contributed by atoms with Crippen LogP contribution in [0.5, 0.6) is 0 Å². The molecular formula is C20H30N2O3. The molecule has 0 aromatic heterocycles. The summed E-state index contributed by atoms with van der Waals surface area (Å²) in [7, 11) is 1.86. The molecule has 25 heavy (non-hydrogen) atoms. The highest BCUT2D eigenvalue weighted by Gasteiger charge is 2.29. The van der Waals surface area contributed by atoms with Gasteiger partial charge in [0.05, 0.1) is 6.04 Å². The van der Waals surface area contributed by atoms with E-state index in [9.17, 15) is 9.59 Å². The first-order valence-electron chi connectivity index (χ1n) is 9.13. The molecule has 0 radical (unpaired) electrons. The fraction of sp³-hybridized carbons (Fsp3) is 0.600. The van der Waals surface area contributed by atoms with Crippen molar-refractivity contribution in [3.05, 3.63) is 35.4 Å². The Hall–Kier alpha value is -1.88. The minimum atomic E-state index is -0.737. The van der Waals surface area contributed by atoms with Crippen molar-refractivity contribution in [2.45, 2.75) is 52.1 Å². The van der Waals surface area contributed by atoms with Crippen molar-refractivity contribution in [1.29, 1.82) is 0 Å². The Bertz CT molecular complexity index is 602. The second kappa shape index (κ2) is 8.99. The number of carbonyl (C=O) groups is 2. The molecule has 5 nitrogen and oxygen atoms in total. The number of hydrogen-bond acceptors (Lipinski definition) is 3. The molecule has 1 N–H and O–H groups in total. The third kappa shape index (κ3) is 5.56. The van der Waals surface area contributed by atoms with Gasteiger partial charge in [-0.3, -0.25) is 14.5 Å². The van der Waals surface area contributed by atoms with Gasteiger partial charge in [0, 0.05) is 26.6 Å². The van der Waals surface area contributed by atoms with E-state index in [1.54, 1.807) is 4.90 Å². The molecule has 1 amide bonds. The van der Waals surface area contributed by atoms with Gasteiger partial charge < -0.3 is 10.0 Å². The Kier molecular flexibility index (Phi) is 7.00. The van der Waals surface area contributed by atoms with E-state index in [4.69, 9.17) is 5.11 Å². The number of hydrogen-bond donors (Lipinski definition) is 1. The van der Waals surface area contributed by atoms with Crippen LogP contribution < -0.4 is 0 Å². The fourth-order valence-corrected chi connectivity index (χ4v) is 3.61. The molecule has 2 atom stereocenters. The summed E-state index contributed by atoms with van der Waals surface area (Å²) < 4.78 is 0. The minimum absolute atomic E-state index is 0.127. The third-order valence-corrected chi connectivity index (χ3v) is 5.27. The zero-order chi connectivity index (χ0) is 18.4. The van der Waals surface area contributed by atoms with Crippen LogP contribution in [0.15, 0.2) is 24.3 Å². The molecule has 1 fully saturated rings. The molecule has 1 aliphatic rings. The van der Waals surface area contributed by atoms with Crippen LogP contribution in [0, 0.1) is 12.8 Å². The van der Waals surface area contributed by atoms with Gasteiger partial charge in [-0.25, -0.2) is 0 Å². The largest absolute Gasteiger partial charge is 0.481 e. The van der Waals surface area contributed by atoms with E-state index in [0.29, 0.717) is 18.9 Å². The van der Waals surface area contributed by atoms with Crippen molar-refractivity contribution >= 4 is 11.9 Å². The van der Waals surface area contributed by atoms with Gasteiger partial charge in [0.25, 0.3) is 0 Å². The van der Waals surface area contributed by atoms with Crippen LogP contribution >= 0.6 is 0 Å². The van der Waals surface area contributed by atoms with Crippen molar-refractivity contribution in [3.8, 4) is 0 Å². The molecule has 1 aromatic carbocycles. The molecular weight excluding hydrogens is 316 g/mol.